The molecule has 0 aliphatic heterocycles. The first kappa shape index (κ1) is 16.0. The molecule has 0 aromatic heterocycles. The molecule has 2 atom stereocenters. The smallest absolute Gasteiger partial charge is 0.303 e. The van der Waals surface area contributed by atoms with E-state index in [9.17, 15) is 4.79 Å². The molecule has 0 amide bonds. The third-order valence-electron chi connectivity index (χ3n) is 2.86. The molecule has 1 aromatic carbocycles. The Bertz CT molecular complexity index is 437. The van der Waals surface area contributed by atoms with Crippen LogP contribution < -0.4 is 10.5 Å². The summed E-state index contributed by atoms with van der Waals surface area (Å²) < 4.78 is 6.30. The van der Waals surface area contributed by atoms with Crippen molar-refractivity contribution in [1.82, 2.24) is 0 Å². The number of carboxylic acids is 1. The number of carboxylic acid groups (broad SMARTS) is 1. The molecule has 106 valence electrons. The maximum absolute atomic E-state index is 10.6. The highest BCUT2D eigenvalue weighted by Gasteiger charge is 2.16. The summed E-state index contributed by atoms with van der Waals surface area (Å²) in [4.78, 5) is 10.6. The lowest BCUT2D eigenvalue weighted by molar-refractivity contribution is -0.138. The summed E-state index contributed by atoms with van der Waals surface area (Å²) in [5.41, 5.74) is 7.11. The highest BCUT2D eigenvalue weighted by Crippen LogP contribution is 2.30. The van der Waals surface area contributed by atoms with Crippen molar-refractivity contribution < 1.29 is 14.6 Å². The zero-order chi connectivity index (χ0) is 14.4. The average molecular weight is 330 g/mol. The van der Waals surface area contributed by atoms with Gasteiger partial charge in [-0.15, -0.1) is 0 Å². The molecule has 3 N–H and O–H groups in total. The molecule has 0 radical (unpaired) electrons. The van der Waals surface area contributed by atoms with Crippen molar-refractivity contribution in [2.45, 2.75) is 32.7 Å². The lowest BCUT2D eigenvalue weighted by Gasteiger charge is -2.18. The lowest BCUT2D eigenvalue weighted by atomic mass is 9.94. The van der Waals surface area contributed by atoms with Gasteiger partial charge in [-0.3, -0.25) is 4.79 Å². The van der Waals surface area contributed by atoms with Crippen LogP contribution in [0, 0.1) is 5.92 Å². The van der Waals surface area contributed by atoms with Crippen molar-refractivity contribution in [2.75, 3.05) is 6.61 Å². The molecule has 0 fully saturated rings. The number of hydrogen-bond acceptors (Lipinski definition) is 3. The van der Waals surface area contributed by atoms with Gasteiger partial charge in [0, 0.05) is 16.9 Å². The van der Waals surface area contributed by atoms with E-state index in [1.807, 2.05) is 32.0 Å². The van der Waals surface area contributed by atoms with Crippen LogP contribution in [0.25, 0.3) is 0 Å². The van der Waals surface area contributed by atoms with E-state index in [4.69, 9.17) is 15.6 Å². The van der Waals surface area contributed by atoms with Gasteiger partial charge in [0.25, 0.3) is 0 Å². The van der Waals surface area contributed by atoms with Crippen LogP contribution in [-0.4, -0.2) is 17.7 Å². The molecule has 1 rings (SSSR count). The van der Waals surface area contributed by atoms with Crippen molar-refractivity contribution in [2.24, 2.45) is 11.7 Å². The van der Waals surface area contributed by atoms with Gasteiger partial charge in [-0.2, -0.15) is 0 Å². The first-order valence-corrected chi connectivity index (χ1v) is 7.13. The molecule has 1 aromatic rings. The predicted octanol–water partition coefficient (Wildman–Crippen LogP) is 3.35. The molecule has 0 aliphatic carbocycles. The fraction of sp³-hybridized carbons (Fsp3) is 0.500. The van der Waals surface area contributed by atoms with Crippen LogP contribution >= 0.6 is 15.9 Å². The zero-order valence-corrected chi connectivity index (χ0v) is 12.8. The second-order valence-corrected chi connectivity index (χ2v) is 5.52. The second-order valence-electron chi connectivity index (χ2n) is 4.66. The van der Waals surface area contributed by atoms with Gasteiger partial charge in [-0.05, 0) is 37.0 Å². The van der Waals surface area contributed by atoms with Crippen LogP contribution in [0.3, 0.4) is 0 Å². The Morgan fingerprint density at radius 2 is 2.21 bits per heavy atom. The van der Waals surface area contributed by atoms with Crippen molar-refractivity contribution in [3.05, 3.63) is 28.2 Å². The number of rotatable bonds is 7. The largest absolute Gasteiger partial charge is 0.494 e. The minimum Gasteiger partial charge on any atom is -0.494 e. The maximum Gasteiger partial charge on any atom is 0.303 e. The zero-order valence-electron chi connectivity index (χ0n) is 11.2. The van der Waals surface area contributed by atoms with Gasteiger partial charge in [-0.1, -0.05) is 28.9 Å². The third-order valence-corrected chi connectivity index (χ3v) is 3.55. The van der Waals surface area contributed by atoms with Gasteiger partial charge < -0.3 is 15.6 Å². The quantitative estimate of drug-likeness (QED) is 0.804. The SMILES string of the molecule is CCOc1ccc(C(N)CC(C)CC(=O)O)c(Br)c1. The number of halogens is 1. The number of ether oxygens (including phenoxy) is 1. The molecule has 2 unspecified atom stereocenters. The van der Waals surface area contributed by atoms with E-state index in [0.29, 0.717) is 13.0 Å². The Balaban J connectivity index is 2.71. The lowest BCUT2D eigenvalue weighted by Crippen LogP contribution is -2.16. The molecule has 4 nitrogen and oxygen atoms in total. The summed E-state index contributed by atoms with van der Waals surface area (Å²) in [5, 5.41) is 8.75. The Kier molecular flexibility index (Phi) is 6.31. The average Bonchev–Trinajstić information content (AvgIpc) is 2.27. The van der Waals surface area contributed by atoms with Gasteiger partial charge in [-0.25, -0.2) is 0 Å². The third kappa shape index (κ3) is 5.20. The van der Waals surface area contributed by atoms with E-state index in [0.717, 1.165) is 15.8 Å². The van der Waals surface area contributed by atoms with Crippen LogP contribution in [-0.2, 0) is 4.79 Å². The normalized spacial score (nSPS) is 13.9. The molecule has 0 bridgehead atoms. The summed E-state index contributed by atoms with van der Waals surface area (Å²) in [5.74, 6) is 0.0559. The first-order valence-electron chi connectivity index (χ1n) is 6.33. The summed E-state index contributed by atoms with van der Waals surface area (Å²) in [6.45, 7) is 4.45. The summed E-state index contributed by atoms with van der Waals surface area (Å²) in [7, 11) is 0. The van der Waals surface area contributed by atoms with Gasteiger partial charge in [0.15, 0.2) is 0 Å². The number of hydrogen-bond donors (Lipinski definition) is 2. The van der Waals surface area contributed by atoms with Crippen LogP contribution in [0.4, 0.5) is 0 Å². The molecule has 0 saturated heterocycles. The van der Waals surface area contributed by atoms with Crippen molar-refractivity contribution in [1.29, 1.82) is 0 Å². The van der Waals surface area contributed by atoms with E-state index in [1.54, 1.807) is 0 Å². The Hall–Kier alpha value is -1.07. The standard InChI is InChI=1S/C14H20BrNO3/c1-3-19-10-4-5-11(12(15)8-10)13(16)6-9(2)7-14(17)18/h4-5,8-9,13H,3,6-7,16H2,1-2H3,(H,17,18). The van der Waals surface area contributed by atoms with E-state index in [2.05, 4.69) is 15.9 Å². The summed E-state index contributed by atoms with van der Waals surface area (Å²) >= 11 is 3.48. The van der Waals surface area contributed by atoms with E-state index < -0.39 is 5.97 Å². The number of nitrogens with two attached hydrogens (primary N) is 1. The van der Waals surface area contributed by atoms with Crippen LogP contribution in [0.1, 0.15) is 38.3 Å². The van der Waals surface area contributed by atoms with Crippen LogP contribution in [0.5, 0.6) is 5.75 Å². The van der Waals surface area contributed by atoms with Crippen molar-refractivity contribution in [3.8, 4) is 5.75 Å². The minimum absolute atomic E-state index is 0.0472. The molecular weight excluding hydrogens is 310 g/mol. The minimum atomic E-state index is -0.787. The number of aliphatic carboxylic acids is 1. The highest BCUT2D eigenvalue weighted by molar-refractivity contribution is 9.10. The second kappa shape index (κ2) is 7.50. The molecule has 19 heavy (non-hydrogen) atoms. The fourth-order valence-corrected chi connectivity index (χ4v) is 2.66. The number of benzene rings is 1. The Morgan fingerprint density at radius 3 is 2.74 bits per heavy atom. The molecular formula is C14H20BrNO3. The van der Waals surface area contributed by atoms with E-state index >= 15 is 0 Å². The van der Waals surface area contributed by atoms with Crippen LogP contribution in [0.2, 0.25) is 0 Å². The monoisotopic (exact) mass is 329 g/mol. The van der Waals surface area contributed by atoms with Gasteiger partial charge >= 0.3 is 5.97 Å². The van der Waals surface area contributed by atoms with Crippen molar-refractivity contribution in [3.63, 3.8) is 0 Å². The van der Waals surface area contributed by atoms with E-state index in [-0.39, 0.29) is 18.4 Å². The molecule has 0 aliphatic rings. The Labute approximate surface area is 122 Å². The predicted molar refractivity (Wildman–Crippen MR) is 78.3 cm³/mol. The van der Waals surface area contributed by atoms with Crippen molar-refractivity contribution >= 4 is 21.9 Å². The van der Waals surface area contributed by atoms with E-state index in [1.165, 1.54) is 0 Å². The molecule has 0 heterocycles. The number of carbonyl (C=O) groups is 1. The topological polar surface area (TPSA) is 72.5 Å². The summed E-state index contributed by atoms with van der Waals surface area (Å²) in [6.07, 6.45) is 0.779. The maximum atomic E-state index is 10.6. The molecule has 5 heteroatoms. The van der Waals surface area contributed by atoms with Crippen LogP contribution in [0.15, 0.2) is 22.7 Å². The van der Waals surface area contributed by atoms with Gasteiger partial charge in [0.1, 0.15) is 5.75 Å². The highest BCUT2D eigenvalue weighted by atomic mass is 79.9. The Morgan fingerprint density at radius 1 is 1.53 bits per heavy atom. The summed E-state index contributed by atoms with van der Waals surface area (Å²) in [6, 6.07) is 5.51. The fourth-order valence-electron chi connectivity index (χ4n) is 2.01. The van der Waals surface area contributed by atoms with Gasteiger partial charge in [0.2, 0.25) is 0 Å². The first-order chi connectivity index (χ1) is 8.93. The van der Waals surface area contributed by atoms with Gasteiger partial charge in [0.05, 0.1) is 6.61 Å². The molecule has 0 saturated carbocycles. The molecule has 0 spiro atoms.